The van der Waals surface area contributed by atoms with Gasteiger partial charge in [0.15, 0.2) is 4.98 Å². The second-order valence-electron chi connectivity index (χ2n) is 2.71. The summed E-state index contributed by atoms with van der Waals surface area (Å²) in [6.07, 6.45) is 0. The highest BCUT2D eigenvalue weighted by Gasteiger charge is 2.27. The average molecular weight is 292 g/mol. The molecule has 1 aromatic carbocycles. The summed E-state index contributed by atoms with van der Waals surface area (Å²) in [5.41, 5.74) is -1.36. The highest BCUT2D eigenvalue weighted by molar-refractivity contribution is 7.79. The molecule has 13 heteroatoms. The predicted molar refractivity (Wildman–Crippen MR) is 56.8 cm³/mol. The van der Waals surface area contributed by atoms with Crippen LogP contribution < -0.4 is 0 Å². The van der Waals surface area contributed by atoms with Gasteiger partial charge in [0.25, 0.3) is 5.69 Å². The normalized spacial score (nSPS) is 9.74. The van der Waals surface area contributed by atoms with Crippen molar-refractivity contribution in [1.82, 2.24) is 0 Å². The van der Waals surface area contributed by atoms with Crippen LogP contribution in [-0.2, 0) is 10.4 Å². The minimum atomic E-state index is -4.92. The van der Waals surface area contributed by atoms with E-state index in [4.69, 9.17) is 22.9 Å². The van der Waals surface area contributed by atoms with Crippen LogP contribution in [0.15, 0.2) is 18.2 Å². The maximum atomic E-state index is 10.4. The summed E-state index contributed by atoms with van der Waals surface area (Å²) < 4.78 is 32.8. The number of benzene rings is 1. The Morgan fingerprint density at radius 2 is 1.68 bits per heavy atom. The summed E-state index contributed by atoms with van der Waals surface area (Å²) in [7, 11) is -4.92. The van der Waals surface area contributed by atoms with Crippen LogP contribution >= 0.6 is 0 Å². The van der Waals surface area contributed by atoms with Gasteiger partial charge in [0.1, 0.15) is 6.07 Å². The Bertz CT molecular complexity index is 640. The van der Waals surface area contributed by atoms with Crippen LogP contribution in [0, 0.1) is 25.6 Å². The summed E-state index contributed by atoms with van der Waals surface area (Å²) in [4.78, 5) is 21.6. The van der Waals surface area contributed by atoms with E-state index in [-0.39, 0.29) is 5.69 Å². The van der Waals surface area contributed by atoms with Crippen LogP contribution in [0.1, 0.15) is 0 Å². The van der Waals surface area contributed by atoms with Crippen LogP contribution in [0.3, 0.4) is 0 Å². The molecule has 0 saturated heterocycles. The van der Waals surface area contributed by atoms with Crippen molar-refractivity contribution in [3.8, 4) is 0 Å². The minimum absolute atomic E-state index is 0.319. The van der Waals surface area contributed by atoms with Crippen molar-refractivity contribution in [3.05, 3.63) is 43.4 Å². The molecule has 0 fully saturated rings. The highest BCUT2D eigenvalue weighted by atomic mass is 32.3. The molecule has 0 spiro atoms. The molecule has 0 radical (unpaired) electrons. The van der Waals surface area contributed by atoms with E-state index in [9.17, 15) is 20.2 Å². The predicted octanol–water partition coefficient (Wildman–Crippen LogP) is 0.992. The van der Waals surface area contributed by atoms with Gasteiger partial charge >= 0.3 is 11.4 Å². The number of nitro benzene ring substituents is 2. The number of nitro groups is 2. The highest BCUT2D eigenvalue weighted by Crippen LogP contribution is 2.30. The summed E-state index contributed by atoms with van der Waals surface area (Å²) >= 11 is 0. The van der Waals surface area contributed by atoms with Gasteiger partial charge in [-0.2, -0.15) is 0 Å². The molecule has 0 amide bonds. The molecule has 0 aromatic heterocycles. The minimum Gasteiger partial charge on any atom is -0.726 e. The Morgan fingerprint density at radius 1 is 1.21 bits per heavy atom. The van der Waals surface area contributed by atoms with Crippen molar-refractivity contribution < 1.29 is 27.4 Å². The van der Waals surface area contributed by atoms with Crippen molar-refractivity contribution in [2.75, 3.05) is 0 Å². The molecule has 0 unspecified atom stereocenters. The third kappa shape index (κ3) is 6.58. The summed E-state index contributed by atoms with van der Waals surface area (Å²) in [6.45, 7) is 0. The van der Waals surface area contributed by atoms with Gasteiger partial charge in [0.05, 0.1) is 9.85 Å². The third-order valence-electron chi connectivity index (χ3n) is 1.47. The van der Waals surface area contributed by atoms with Crippen molar-refractivity contribution >= 4 is 27.5 Å². The first-order valence-corrected chi connectivity index (χ1v) is 5.39. The lowest BCUT2D eigenvalue weighted by atomic mass is 10.2. The molecule has 0 saturated carbocycles. The average Bonchev–Trinajstić information content (AvgIpc) is 2.25. The van der Waals surface area contributed by atoms with Gasteiger partial charge in [-0.3, -0.25) is 24.8 Å². The second kappa shape index (κ2) is 6.30. The fourth-order valence-electron chi connectivity index (χ4n) is 0.856. The van der Waals surface area contributed by atoms with Crippen LogP contribution in [0.2, 0.25) is 0 Å². The van der Waals surface area contributed by atoms with E-state index in [0.29, 0.717) is 0 Å². The van der Waals surface area contributed by atoms with Gasteiger partial charge in [-0.05, 0) is 0 Å². The van der Waals surface area contributed by atoms with Crippen LogP contribution in [-0.4, -0.2) is 27.4 Å². The first-order valence-electron chi connectivity index (χ1n) is 4.02. The molecule has 0 aliphatic carbocycles. The van der Waals surface area contributed by atoms with Crippen molar-refractivity contribution in [2.24, 2.45) is 0 Å². The van der Waals surface area contributed by atoms with Crippen LogP contribution in [0.25, 0.3) is 4.98 Å². The zero-order valence-electron chi connectivity index (χ0n) is 8.73. The molecule has 1 rings (SSSR count). The first-order chi connectivity index (χ1) is 8.56. The Labute approximate surface area is 104 Å². The smallest absolute Gasteiger partial charge is 0.461 e. The van der Waals surface area contributed by atoms with Gasteiger partial charge < -0.3 is 4.55 Å². The Kier molecular flexibility index (Phi) is 5.41. The van der Waals surface area contributed by atoms with Crippen molar-refractivity contribution in [2.45, 2.75) is 0 Å². The third-order valence-corrected chi connectivity index (χ3v) is 1.47. The van der Waals surface area contributed by atoms with E-state index in [2.05, 4.69) is 4.98 Å². The number of non-ortho nitro benzene ring substituents is 1. The van der Waals surface area contributed by atoms with Crippen molar-refractivity contribution in [3.63, 3.8) is 0 Å². The first kappa shape index (κ1) is 16.3. The van der Waals surface area contributed by atoms with Gasteiger partial charge in [0.2, 0.25) is 15.8 Å². The Morgan fingerprint density at radius 3 is 2.00 bits per heavy atom. The van der Waals surface area contributed by atoms with Gasteiger partial charge in [-0.25, -0.2) is 8.42 Å². The van der Waals surface area contributed by atoms with Gasteiger partial charge in [-0.1, -0.05) is 0 Å². The fraction of sp³-hybridized carbons (Fsp3) is 0. The number of rotatable bonds is 2. The summed E-state index contributed by atoms with van der Waals surface area (Å²) in [5.74, 6) is 0. The standard InChI is InChI=1S/C6H3N4O4.H2O4S/c7-8-5-2-1-4(9(11)12)3-6(5)10(13)14;1-5(2,3)4/h1-3H;(H2,1,2,3,4)/q+1;/p-1. The zero-order valence-corrected chi connectivity index (χ0v) is 9.55. The van der Waals surface area contributed by atoms with E-state index < -0.39 is 31.6 Å². The number of hydrogen-bond donors (Lipinski definition) is 1. The van der Waals surface area contributed by atoms with E-state index in [1.165, 1.54) is 0 Å². The van der Waals surface area contributed by atoms with Gasteiger partial charge in [0, 0.05) is 12.1 Å². The van der Waals surface area contributed by atoms with E-state index in [0.717, 1.165) is 18.2 Å². The van der Waals surface area contributed by atoms with E-state index in [1.807, 2.05) is 0 Å². The Hall–Kier alpha value is -2.69. The quantitative estimate of drug-likeness (QED) is 0.272. The topological polar surface area (TPSA) is 192 Å². The number of diazo groups is 1. The SMILES string of the molecule is N#[N+]c1ccc([N+](=O)[O-])cc1[N+](=O)[O-].O=S(=O)([O-])O. The number of nitrogens with zero attached hydrogens (tertiary/aromatic N) is 4. The molecule has 1 aromatic rings. The molecule has 102 valence electrons. The van der Waals surface area contributed by atoms with Crippen LogP contribution in [0.4, 0.5) is 17.1 Å². The lowest BCUT2D eigenvalue weighted by Crippen LogP contribution is -1.92. The fourth-order valence-corrected chi connectivity index (χ4v) is 0.856. The number of hydrogen-bond acceptors (Lipinski definition) is 8. The molecular formula is C6H4N4O8S. The van der Waals surface area contributed by atoms with Gasteiger partial charge in [-0.15, -0.1) is 0 Å². The summed E-state index contributed by atoms with van der Waals surface area (Å²) in [6, 6.07) is 2.74. The molecule has 1 N–H and O–H groups in total. The molecule has 0 heterocycles. The molecule has 0 aliphatic rings. The maximum absolute atomic E-state index is 10.4. The summed E-state index contributed by atoms with van der Waals surface area (Å²) in [5, 5.41) is 29.0. The molecular weight excluding hydrogens is 288 g/mol. The van der Waals surface area contributed by atoms with E-state index >= 15 is 0 Å². The second-order valence-corrected chi connectivity index (χ2v) is 3.57. The lowest BCUT2D eigenvalue weighted by molar-refractivity contribution is -0.393. The molecule has 12 nitrogen and oxygen atoms in total. The monoisotopic (exact) mass is 292 g/mol. The Balaban J connectivity index is 0.000000555. The van der Waals surface area contributed by atoms with E-state index in [1.54, 1.807) is 0 Å². The molecule has 0 atom stereocenters. The van der Waals surface area contributed by atoms with Crippen LogP contribution in [0.5, 0.6) is 0 Å². The molecule has 0 bridgehead atoms. The zero-order chi connectivity index (χ0) is 15.2. The molecule has 19 heavy (non-hydrogen) atoms. The largest absolute Gasteiger partial charge is 0.726 e. The maximum Gasteiger partial charge on any atom is 0.461 e. The molecule has 0 aliphatic heterocycles. The van der Waals surface area contributed by atoms with Crippen molar-refractivity contribution in [1.29, 1.82) is 5.39 Å². The lowest BCUT2D eigenvalue weighted by Gasteiger charge is -1.88.